The van der Waals surface area contributed by atoms with Gasteiger partial charge in [0.15, 0.2) is 16.5 Å². The van der Waals surface area contributed by atoms with E-state index in [1.165, 1.54) is 0 Å². The summed E-state index contributed by atoms with van der Waals surface area (Å²) in [6.07, 6.45) is 0.663. The minimum atomic E-state index is -2.93. The number of nitrogens with zero attached hydrogens (tertiary/aromatic N) is 2. The SMILES string of the molecule is CC[NH+](Cn1nc(-c2cc(OC)cc(OC)c2)oc1=S)[C@H]1CCS(=O)(=O)C1. The Balaban J connectivity index is 1.85. The lowest BCUT2D eigenvalue weighted by atomic mass is 10.2. The van der Waals surface area contributed by atoms with Gasteiger partial charge in [-0.3, -0.25) is 0 Å². The van der Waals surface area contributed by atoms with Crippen LogP contribution < -0.4 is 14.4 Å². The Kier molecular flexibility index (Phi) is 5.87. The van der Waals surface area contributed by atoms with Crippen LogP contribution in [0.15, 0.2) is 22.6 Å². The molecule has 1 aliphatic rings. The molecule has 3 rings (SSSR count). The van der Waals surface area contributed by atoms with Crippen molar-refractivity contribution in [3.8, 4) is 23.0 Å². The first-order valence-corrected chi connectivity index (χ1v) is 10.9. The molecule has 0 amide bonds. The monoisotopic (exact) mass is 414 g/mol. The maximum atomic E-state index is 11.8. The number of sulfone groups is 1. The molecule has 8 nitrogen and oxygen atoms in total. The van der Waals surface area contributed by atoms with Gasteiger partial charge in [-0.2, -0.15) is 4.68 Å². The van der Waals surface area contributed by atoms with Gasteiger partial charge in [0.1, 0.15) is 23.3 Å². The van der Waals surface area contributed by atoms with E-state index in [1.54, 1.807) is 37.1 Å². The number of benzene rings is 1. The zero-order valence-electron chi connectivity index (χ0n) is 15.6. The number of hydrogen-bond donors (Lipinski definition) is 1. The van der Waals surface area contributed by atoms with Crippen LogP contribution in [-0.2, 0) is 16.5 Å². The van der Waals surface area contributed by atoms with E-state index < -0.39 is 9.84 Å². The summed E-state index contributed by atoms with van der Waals surface area (Å²) in [5, 5.41) is 4.49. The highest BCUT2D eigenvalue weighted by atomic mass is 32.2. The average molecular weight is 415 g/mol. The van der Waals surface area contributed by atoms with Crippen molar-refractivity contribution in [2.45, 2.75) is 26.1 Å². The van der Waals surface area contributed by atoms with Gasteiger partial charge in [0.05, 0.1) is 26.5 Å². The van der Waals surface area contributed by atoms with Crippen molar-refractivity contribution in [3.05, 3.63) is 23.0 Å². The topological polar surface area (TPSA) is 88.0 Å². The Bertz CT molecular complexity index is 945. The number of aromatic nitrogens is 2. The van der Waals surface area contributed by atoms with Gasteiger partial charge < -0.3 is 18.8 Å². The van der Waals surface area contributed by atoms with Crippen LogP contribution in [0.3, 0.4) is 0 Å². The molecule has 27 heavy (non-hydrogen) atoms. The molecule has 0 radical (unpaired) electrons. The number of methoxy groups -OCH3 is 2. The maximum absolute atomic E-state index is 11.8. The summed E-state index contributed by atoms with van der Waals surface area (Å²) in [6, 6.07) is 5.40. The molecule has 1 N–H and O–H groups in total. The van der Waals surface area contributed by atoms with Crippen LogP contribution in [0.1, 0.15) is 13.3 Å². The molecule has 0 aliphatic carbocycles. The van der Waals surface area contributed by atoms with Crippen LogP contribution >= 0.6 is 12.2 Å². The Labute approximate surface area is 163 Å². The van der Waals surface area contributed by atoms with Crippen molar-refractivity contribution in [1.29, 1.82) is 0 Å². The second kappa shape index (κ2) is 7.99. The number of ether oxygens (including phenoxy) is 2. The summed E-state index contributed by atoms with van der Waals surface area (Å²) in [5.74, 6) is 2.07. The van der Waals surface area contributed by atoms with E-state index in [0.717, 1.165) is 11.4 Å². The molecule has 10 heteroatoms. The van der Waals surface area contributed by atoms with Crippen molar-refractivity contribution < 1.29 is 27.2 Å². The first kappa shape index (κ1) is 19.8. The zero-order valence-corrected chi connectivity index (χ0v) is 17.2. The van der Waals surface area contributed by atoms with Gasteiger partial charge >= 0.3 is 0 Å². The van der Waals surface area contributed by atoms with E-state index in [-0.39, 0.29) is 22.4 Å². The van der Waals surface area contributed by atoms with E-state index in [9.17, 15) is 8.42 Å². The molecule has 1 unspecified atom stereocenters. The third-order valence-corrected chi connectivity index (χ3v) is 6.88. The zero-order chi connectivity index (χ0) is 19.6. The molecule has 2 atom stereocenters. The summed E-state index contributed by atoms with van der Waals surface area (Å²) >= 11 is 5.32. The van der Waals surface area contributed by atoms with Gasteiger partial charge in [-0.05, 0) is 31.3 Å². The fourth-order valence-corrected chi connectivity index (χ4v) is 5.30. The van der Waals surface area contributed by atoms with E-state index in [4.69, 9.17) is 26.1 Å². The third kappa shape index (κ3) is 4.50. The van der Waals surface area contributed by atoms with Crippen molar-refractivity contribution in [3.63, 3.8) is 0 Å². The predicted molar refractivity (Wildman–Crippen MR) is 102 cm³/mol. The van der Waals surface area contributed by atoms with E-state index in [1.807, 2.05) is 6.92 Å². The van der Waals surface area contributed by atoms with Gasteiger partial charge in [-0.1, -0.05) is 0 Å². The molecule has 0 saturated carbocycles. The molecule has 2 heterocycles. The standard InChI is InChI=1S/C17H23N3O5S2/c1-4-19(13-5-6-27(21,22)10-13)11-20-17(26)25-16(18-20)12-7-14(23-2)9-15(8-12)24-3/h7-9,13H,4-6,10-11H2,1-3H3/p+1/t13-/m0/s1. The number of rotatable bonds is 7. The fourth-order valence-electron chi connectivity index (χ4n) is 3.29. The first-order chi connectivity index (χ1) is 12.8. The molecule has 1 aliphatic heterocycles. The molecular formula is C17H24N3O5S2+. The highest BCUT2D eigenvalue weighted by Crippen LogP contribution is 2.28. The Hall–Kier alpha value is -1.91. The molecule has 1 fully saturated rings. The molecule has 1 saturated heterocycles. The van der Waals surface area contributed by atoms with Crippen LogP contribution in [0.2, 0.25) is 0 Å². The average Bonchev–Trinajstić information content (AvgIpc) is 3.21. The van der Waals surface area contributed by atoms with Crippen LogP contribution in [0.5, 0.6) is 11.5 Å². The third-order valence-electron chi connectivity index (χ3n) is 4.82. The minimum absolute atomic E-state index is 0.0546. The minimum Gasteiger partial charge on any atom is -0.497 e. The Morgan fingerprint density at radius 2 is 1.96 bits per heavy atom. The van der Waals surface area contributed by atoms with Crippen LogP contribution in [-0.4, -0.2) is 56.5 Å². The van der Waals surface area contributed by atoms with E-state index in [2.05, 4.69) is 5.10 Å². The summed E-state index contributed by atoms with van der Waals surface area (Å²) in [7, 11) is 0.215. The van der Waals surface area contributed by atoms with Crippen molar-refractivity contribution in [2.75, 3.05) is 32.3 Å². The normalized spacial score (nSPS) is 19.7. The molecule has 2 aromatic rings. The Morgan fingerprint density at radius 3 is 2.48 bits per heavy atom. The molecule has 1 aromatic heterocycles. The van der Waals surface area contributed by atoms with Crippen molar-refractivity contribution in [2.24, 2.45) is 0 Å². The smallest absolute Gasteiger partial charge is 0.292 e. The summed E-state index contributed by atoms with van der Waals surface area (Å²) in [5.41, 5.74) is 0.692. The highest BCUT2D eigenvalue weighted by molar-refractivity contribution is 7.91. The molecule has 148 valence electrons. The van der Waals surface area contributed by atoms with E-state index >= 15 is 0 Å². The number of quaternary nitrogens is 1. The lowest BCUT2D eigenvalue weighted by Gasteiger charge is -2.22. The largest absolute Gasteiger partial charge is 0.497 e. The molecule has 1 aromatic carbocycles. The Morgan fingerprint density at radius 1 is 1.30 bits per heavy atom. The van der Waals surface area contributed by atoms with Gasteiger partial charge in [-0.15, -0.1) is 5.10 Å². The van der Waals surface area contributed by atoms with Gasteiger partial charge in [0.25, 0.3) is 4.84 Å². The molecule has 0 spiro atoms. The molecular weight excluding hydrogens is 390 g/mol. The summed E-state index contributed by atoms with van der Waals surface area (Å²) < 4.78 is 41.4. The van der Waals surface area contributed by atoms with E-state index in [0.29, 0.717) is 36.0 Å². The van der Waals surface area contributed by atoms with Crippen molar-refractivity contribution >= 4 is 22.1 Å². The van der Waals surface area contributed by atoms with Crippen LogP contribution in [0.25, 0.3) is 11.5 Å². The number of hydrogen-bond acceptors (Lipinski definition) is 7. The fraction of sp³-hybridized carbons (Fsp3) is 0.529. The quantitative estimate of drug-likeness (QED) is 0.675. The number of nitrogens with one attached hydrogen (secondary N) is 1. The van der Waals surface area contributed by atoms with Gasteiger partial charge in [0, 0.05) is 18.1 Å². The summed E-state index contributed by atoms with van der Waals surface area (Å²) in [6.45, 7) is 3.26. The molecule has 0 bridgehead atoms. The van der Waals surface area contributed by atoms with Gasteiger partial charge in [-0.25, -0.2) is 8.42 Å². The predicted octanol–water partition coefficient (Wildman–Crippen LogP) is 0.939. The van der Waals surface area contributed by atoms with Crippen LogP contribution in [0, 0.1) is 4.84 Å². The lowest BCUT2D eigenvalue weighted by Crippen LogP contribution is -3.15. The lowest BCUT2D eigenvalue weighted by molar-refractivity contribution is -0.943. The van der Waals surface area contributed by atoms with Gasteiger partial charge in [0.2, 0.25) is 5.89 Å². The summed E-state index contributed by atoms with van der Waals surface area (Å²) in [4.78, 5) is 1.37. The maximum Gasteiger partial charge on any atom is 0.292 e. The van der Waals surface area contributed by atoms with Crippen molar-refractivity contribution in [1.82, 2.24) is 9.78 Å². The first-order valence-electron chi connectivity index (χ1n) is 8.71. The van der Waals surface area contributed by atoms with Crippen LogP contribution in [0.4, 0.5) is 0 Å². The second-order valence-electron chi connectivity index (χ2n) is 6.54. The highest BCUT2D eigenvalue weighted by Gasteiger charge is 2.35. The second-order valence-corrected chi connectivity index (χ2v) is 9.12.